The Morgan fingerprint density at radius 1 is 1.34 bits per heavy atom. The van der Waals surface area contributed by atoms with E-state index in [1.54, 1.807) is 4.68 Å². The fraction of sp³-hybridized carbons (Fsp3) is 0.842. The number of halogens is 2. The summed E-state index contributed by atoms with van der Waals surface area (Å²) in [6, 6.07) is 0.607. The third-order valence-electron chi connectivity index (χ3n) is 6.67. The maximum absolute atomic E-state index is 13.2. The Kier molecular flexibility index (Phi) is 9.15. The van der Waals surface area contributed by atoms with E-state index in [1.165, 1.54) is 0 Å². The number of nitrogens with one attached hydrogen (secondary N) is 2. The number of hydrogen-bond donors (Lipinski definition) is 2. The van der Waals surface area contributed by atoms with Crippen LogP contribution in [0.4, 0.5) is 0 Å². The standard InChI is InChI=1S/C19H32N6O2.2ClH/c1-15-13-25(23-22-15)7-6-21-18(26)19-4-2-17(24-8-10-27-11-9-24)12-16(19)3-5-20-14-19;;/h13,16-17,20H,2-12,14H2,1H3,(H,21,26);2*1H/t16-,17+,19-;;/m1../s1. The second kappa shape index (κ2) is 10.9. The highest BCUT2D eigenvalue weighted by Crippen LogP contribution is 2.46. The van der Waals surface area contributed by atoms with Crippen LogP contribution in [0.1, 0.15) is 31.4 Å². The molecule has 2 N–H and O–H groups in total. The van der Waals surface area contributed by atoms with Crippen molar-refractivity contribution in [3.63, 3.8) is 0 Å². The van der Waals surface area contributed by atoms with Crippen LogP contribution in [0.15, 0.2) is 6.20 Å². The quantitative estimate of drug-likeness (QED) is 0.699. The first-order chi connectivity index (χ1) is 13.2. The molecular weight excluding hydrogens is 415 g/mol. The number of carbonyl (C=O) groups is 1. The van der Waals surface area contributed by atoms with Crippen LogP contribution in [0.5, 0.6) is 0 Å². The Hall–Kier alpha value is -0.930. The second-order valence-corrected chi connectivity index (χ2v) is 8.27. The van der Waals surface area contributed by atoms with E-state index in [0.29, 0.717) is 25.0 Å². The van der Waals surface area contributed by atoms with Crippen LogP contribution in [0, 0.1) is 18.3 Å². The zero-order valence-corrected chi connectivity index (χ0v) is 18.8. The monoisotopic (exact) mass is 448 g/mol. The number of ether oxygens (including phenoxy) is 1. The molecule has 1 saturated carbocycles. The molecule has 4 rings (SSSR count). The number of aromatic nitrogens is 3. The number of morpholine rings is 1. The van der Waals surface area contributed by atoms with Crippen LogP contribution < -0.4 is 10.6 Å². The molecule has 3 heterocycles. The van der Waals surface area contributed by atoms with Crippen LogP contribution in [-0.4, -0.2) is 77.8 Å². The Labute approximate surface area is 185 Å². The predicted molar refractivity (Wildman–Crippen MR) is 116 cm³/mol. The van der Waals surface area contributed by atoms with E-state index in [4.69, 9.17) is 4.74 Å². The zero-order valence-electron chi connectivity index (χ0n) is 17.1. The van der Waals surface area contributed by atoms with Gasteiger partial charge in [0, 0.05) is 38.4 Å². The van der Waals surface area contributed by atoms with Gasteiger partial charge in [-0.15, -0.1) is 29.9 Å². The summed E-state index contributed by atoms with van der Waals surface area (Å²) in [6.07, 6.45) is 6.21. The van der Waals surface area contributed by atoms with Crippen molar-refractivity contribution < 1.29 is 9.53 Å². The largest absolute Gasteiger partial charge is 0.379 e. The molecule has 8 nitrogen and oxygen atoms in total. The number of aryl methyl sites for hydroxylation is 1. The van der Waals surface area contributed by atoms with Gasteiger partial charge in [-0.25, -0.2) is 0 Å². The molecule has 1 amide bonds. The number of hydrogen-bond acceptors (Lipinski definition) is 6. The minimum absolute atomic E-state index is 0. The summed E-state index contributed by atoms with van der Waals surface area (Å²) in [7, 11) is 0. The van der Waals surface area contributed by atoms with Crippen LogP contribution >= 0.6 is 24.8 Å². The summed E-state index contributed by atoms with van der Waals surface area (Å²) in [5.41, 5.74) is 0.650. The van der Waals surface area contributed by atoms with Crippen molar-refractivity contribution in [2.75, 3.05) is 45.9 Å². The molecule has 2 saturated heterocycles. The highest BCUT2D eigenvalue weighted by Gasteiger charge is 2.50. The molecule has 0 bridgehead atoms. The van der Waals surface area contributed by atoms with E-state index in [2.05, 4.69) is 25.8 Å². The minimum Gasteiger partial charge on any atom is -0.379 e. The molecular formula is C19H34Cl2N6O2. The van der Waals surface area contributed by atoms with Crippen LogP contribution in [-0.2, 0) is 16.1 Å². The molecule has 166 valence electrons. The number of nitrogens with zero attached hydrogens (tertiary/aromatic N) is 4. The third-order valence-corrected chi connectivity index (χ3v) is 6.67. The summed E-state index contributed by atoms with van der Waals surface area (Å²) in [4.78, 5) is 15.8. The fourth-order valence-electron chi connectivity index (χ4n) is 5.13. The van der Waals surface area contributed by atoms with E-state index < -0.39 is 0 Å². The maximum atomic E-state index is 13.2. The lowest BCUT2D eigenvalue weighted by Crippen LogP contribution is -2.60. The number of rotatable bonds is 5. The van der Waals surface area contributed by atoms with Crippen molar-refractivity contribution in [1.29, 1.82) is 0 Å². The van der Waals surface area contributed by atoms with Gasteiger partial charge in [-0.05, 0) is 45.1 Å². The molecule has 3 aliphatic rings. The first-order valence-electron chi connectivity index (χ1n) is 10.3. The fourth-order valence-corrected chi connectivity index (χ4v) is 5.13. The average Bonchev–Trinajstić information content (AvgIpc) is 3.13. The highest BCUT2D eigenvalue weighted by molar-refractivity contribution is 5.85. The zero-order chi connectivity index (χ0) is 18.7. The van der Waals surface area contributed by atoms with Crippen LogP contribution in [0.2, 0.25) is 0 Å². The molecule has 1 aliphatic carbocycles. The van der Waals surface area contributed by atoms with Crippen molar-refractivity contribution in [3.05, 3.63) is 11.9 Å². The third kappa shape index (κ3) is 5.41. The van der Waals surface area contributed by atoms with E-state index >= 15 is 0 Å². The van der Waals surface area contributed by atoms with Crippen molar-refractivity contribution in [3.8, 4) is 0 Å². The Morgan fingerprint density at radius 2 is 2.14 bits per heavy atom. The van der Waals surface area contributed by atoms with Crippen molar-refractivity contribution in [2.24, 2.45) is 11.3 Å². The van der Waals surface area contributed by atoms with Crippen molar-refractivity contribution in [1.82, 2.24) is 30.5 Å². The maximum Gasteiger partial charge on any atom is 0.227 e. The summed E-state index contributed by atoms with van der Waals surface area (Å²) in [6.45, 7) is 8.77. The molecule has 0 spiro atoms. The van der Waals surface area contributed by atoms with Gasteiger partial charge < -0.3 is 15.4 Å². The average molecular weight is 449 g/mol. The van der Waals surface area contributed by atoms with Crippen molar-refractivity contribution >= 4 is 30.7 Å². The molecule has 1 aromatic heterocycles. The van der Waals surface area contributed by atoms with Gasteiger partial charge >= 0.3 is 0 Å². The van der Waals surface area contributed by atoms with Gasteiger partial charge in [0.1, 0.15) is 0 Å². The Bertz CT molecular complexity index is 654. The SMILES string of the molecule is Cc1cn(CCNC(=O)[C@@]23CC[C@H](N4CCOCC4)C[C@H]2CCNC3)nn1.Cl.Cl. The molecule has 3 atom stereocenters. The lowest BCUT2D eigenvalue weighted by Gasteiger charge is -2.50. The molecule has 3 fully saturated rings. The predicted octanol–water partition coefficient (Wildman–Crippen LogP) is 1.03. The smallest absolute Gasteiger partial charge is 0.227 e. The van der Waals surface area contributed by atoms with Gasteiger partial charge in [0.05, 0.1) is 30.9 Å². The number of amides is 1. The number of carbonyl (C=O) groups excluding carboxylic acids is 1. The molecule has 10 heteroatoms. The van der Waals surface area contributed by atoms with Gasteiger partial charge in [-0.1, -0.05) is 5.21 Å². The number of piperidine rings is 1. The van der Waals surface area contributed by atoms with Crippen LogP contribution in [0.25, 0.3) is 0 Å². The highest BCUT2D eigenvalue weighted by atomic mass is 35.5. The van der Waals surface area contributed by atoms with E-state index in [9.17, 15) is 4.79 Å². The van der Waals surface area contributed by atoms with Gasteiger partial charge in [-0.3, -0.25) is 14.4 Å². The molecule has 2 aliphatic heterocycles. The number of fused-ring (bicyclic) bond motifs is 1. The normalized spacial score (nSPS) is 29.8. The molecule has 29 heavy (non-hydrogen) atoms. The summed E-state index contributed by atoms with van der Waals surface area (Å²) in [5.74, 6) is 0.686. The Morgan fingerprint density at radius 3 is 2.86 bits per heavy atom. The molecule has 0 radical (unpaired) electrons. The van der Waals surface area contributed by atoms with Gasteiger partial charge in [0.25, 0.3) is 0 Å². The van der Waals surface area contributed by atoms with Crippen molar-refractivity contribution in [2.45, 2.75) is 45.2 Å². The Balaban J connectivity index is 0.00000150. The minimum atomic E-state index is -0.251. The second-order valence-electron chi connectivity index (χ2n) is 8.27. The molecule has 1 aromatic rings. The topological polar surface area (TPSA) is 84.3 Å². The van der Waals surface area contributed by atoms with Gasteiger partial charge in [0.15, 0.2) is 0 Å². The summed E-state index contributed by atoms with van der Waals surface area (Å²) < 4.78 is 7.30. The van der Waals surface area contributed by atoms with Gasteiger partial charge in [-0.2, -0.15) is 0 Å². The first-order valence-corrected chi connectivity index (χ1v) is 10.3. The lowest BCUT2D eigenvalue weighted by molar-refractivity contribution is -0.140. The summed E-state index contributed by atoms with van der Waals surface area (Å²) >= 11 is 0. The molecule has 0 unspecified atom stereocenters. The first kappa shape index (κ1) is 24.3. The lowest BCUT2D eigenvalue weighted by atomic mass is 9.61. The van der Waals surface area contributed by atoms with E-state index in [0.717, 1.165) is 70.8 Å². The van der Waals surface area contributed by atoms with E-state index in [1.807, 2.05) is 13.1 Å². The van der Waals surface area contributed by atoms with Crippen LogP contribution in [0.3, 0.4) is 0 Å². The van der Waals surface area contributed by atoms with E-state index in [-0.39, 0.29) is 36.1 Å². The van der Waals surface area contributed by atoms with Gasteiger partial charge in [0.2, 0.25) is 5.91 Å². The molecule has 0 aromatic carbocycles. The summed E-state index contributed by atoms with van der Waals surface area (Å²) in [5, 5.41) is 14.7.